The molecule has 0 aromatic heterocycles. The molecule has 0 amide bonds. The van der Waals surface area contributed by atoms with Crippen molar-refractivity contribution < 1.29 is 17.9 Å². The van der Waals surface area contributed by atoms with Crippen molar-refractivity contribution in [3.05, 3.63) is 23.3 Å². The van der Waals surface area contributed by atoms with Crippen LogP contribution >= 0.6 is 0 Å². The fourth-order valence-electron chi connectivity index (χ4n) is 2.10. The molecule has 7 heteroatoms. The maximum Gasteiger partial charge on any atom is 0.321 e. The number of hydrogen-bond acceptors (Lipinski definition) is 5. The number of hydrogen-bond donors (Lipinski definition) is 1. The normalized spacial score (nSPS) is 11.7. The van der Waals surface area contributed by atoms with E-state index in [1.165, 1.54) is 7.11 Å². The molecule has 6 nitrogen and oxygen atoms in total. The Hall–Kier alpha value is -1.60. The molecule has 0 atom stereocenters. The van der Waals surface area contributed by atoms with E-state index in [-0.39, 0.29) is 18.0 Å². The largest absolute Gasteiger partial charge is 0.468 e. The summed E-state index contributed by atoms with van der Waals surface area (Å²) in [7, 11) is -2.53. The van der Waals surface area contributed by atoms with Crippen molar-refractivity contribution in [3.63, 3.8) is 0 Å². The zero-order chi connectivity index (χ0) is 15.5. The van der Waals surface area contributed by atoms with Crippen LogP contribution in [0.5, 0.6) is 0 Å². The van der Waals surface area contributed by atoms with E-state index in [9.17, 15) is 13.2 Å². The van der Waals surface area contributed by atoms with Gasteiger partial charge in [0.15, 0.2) is 0 Å². The number of benzene rings is 1. The number of ether oxygens (including phenoxy) is 1. The van der Waals surface area contributed by atoms with Crippen molar-refractivity contribution >= 4 is 21.7 Å². The first kappa shape index (κ1) is 16.5. The number of carbonyl (C=O) groups excluding carboxylic acids is 1. The third kappa shape index (κ3) is 3.29. The van der Waals surface area contributed by atoms with E-state index >= 15 is 0 Å². The second-order valence-corrected chi connectivity index (χ2v) is 6.37. The molecule has 1 rings (SSSR count). The minimum Gasteiger partial charge on any atom is -0.468 e. The highest BCUT2D eigenvalue weighted by molar-refractivity contribution is 7.89. The van der Waals surface area contributed by atoms with Gasteiger partial charge in [0, 0.05) is 12.2 Å². The van der Waals surface area contributed by atoms with Crippen LogP contribution < -0.4 is 5.73 Å². The van der Waals surface area contributed by atoms with Gasteiger partial charge in [-0.2, -0.15) is 4.31 Å². The highest BCUT2D eigenvalue weighted by Crippen LogP contribution is 2.26. The molecule has 0 saturated carbocycles. The quantitative estimate of drug-likeness (QED) is 0.649. The summed E-state index contributed by atoms with van der Waals surface area (Å²) in [5.41, 5.74) is 7.33. The van der Waals surface area contributed by atoms with Crippen LogP contribution in [0.2, 0.25) is 0 Å². The standard InChI is InChI=1S/C13H20N2O4S/c1-5-15(8-12(16)19-4)20(17,18)13-9(2)6-11(14)7-10(13)3/h6-7H,5,8,14H2,1-4H3. The number of nitrogen functional groups attached to an aromatic ring is 1. The molecule has 2 N–H and O–H groups in total. The first-order valence-electron chi connectivity index (χ1n) is 6.17. The topological polar surface area (TPSA) is 89.7 Å². The summed E-state index contributed by atoms with van der Waals surface area (Å²) in [6.07, 6.45) is 0. The minimum atomic E-state index is -3.76. The predicted molar refractivity (Wildman–Crippen MR) is 76.8 cm³/mol. The summed E-state index contributed by atoms with van der Waals surface area (Å²) in [5.74, 6) is -0.596. The van der Waals surface area contributed by atoms with Crippen molar-refractivity contribution in [2.75, 3.05) is 25.9 Å². The van der Waals surface area contributed by atoms with Crippen LogP contribution in [-0.4, -0.2) is 38.9 Å². The lowest BCUT2D eigenvalue weighted by molar-refractivity contribution is -0.140. The molecular weight excluding hydrogens is 280 g/mol. The summed E-state index contributed by atoms with van der Waals surface area (Å²) >= 11 is 0. The Morgan fingerprint density at radius 1 is 1.30 bits per heavy atom. The highest BCUT2D eigenvalue weighted by atomic mass is 32.2. The van der Waals surface area contributed by atoms with Crippen molar-refractivity contribution in [1.29, 1.82) is 0 Å². The SMILES string of the molecule is CCN(CC(=O)OC)S(=O)(=O)c1c(C)cc(N)cc1C. The average Bonchev–Trinajstić information content (AvgIpc) is 2.33. The Bertz CT molecular complexity index is 588. The van der Waals surface area contributed by atoms with Gasteiger partial charge in [-0.1, -0.05) is 6.92 Å². The molecule has 1 aromatic carbocycles. The molecule has 0 unspecified atom stereocenters. The molecule has 0 radical (unpaired) electrons. The predicted octanol–water partition coefficient (Wildman–Crippen LogP) is 1.07. The maximum atomic E-state index is 12.6. The van der Waals surface area contributed by atoms with Gasteiger partial charge in [0.1, 0.15) is 6.54 Å². The lowest BCUT2D eigenvalue weighted by Gasteiger charge is -2.22. The van der Waals surface area contributed by atoms with E-state index < -0.39 is 16.0 Å². The van der Waals surface area contributed by atoms with E-state index in [0.717, 1.165) is 4.31 Å². The van der Waals surface area contributed by atoms with Gasteiger partial charge in [0.25, 0.3) is 0 Å². The van der Waals surface area contributed by atoms with Crippen LogP contribution in [0.25, 0.3) is 0 Å². The van der Waals surface area contributed by atoms with Gasteiger partial charge in [-0.25, -0.2) is 8.42 Å². The van der Waals surface area contributed by atoms with Crippen LogP contribution in [0, 0.1) is 13.8 Å². The molecule has 0 bridgehead atoms. The Balaban J connectivity index is 3.31. The van der Waals surface area contributed by atoms with E-state index in [4.69, 9.17) is 5.73 Å². The fourth-order valence-corrected chi connectivity index (χ4v) is 3.90. The third-order valence-corrected chi connectivity index (χ3v) is 5.19. The fraction of sp³-hybridized carbons (Fsp3) is 0.462. The molecule has 0 heterocycles. The Labute approximate surface area is 119 Å². The number of carbonyl (C=O) groups is 1. The Kier molecular flexibility index (Phi) is 5.13. The number of nitrogens with two attached hydrogens (primary N) is 1. The lowest BCUT2D eigenvalue weighted by Crippen LogP contribution is -2.36. The molecule has 0 aliphatic rings. The average molecular weight is 300 g/mol. The number of rotatable bonds is 5. The van der Waals surface area contributed by atoms with Crippen molar-refractivity contribution in [3.8, 4) is 0 Å². The summed E-state index contributed by atoms with van der Waals surface area (Å²) in [4.78, 5) is 11.5. The number of likely N-dealkylation sites (N-methyl/N-ethyl adjacent to an activating group) is 1. The van der Waals surface area contributed by atoms with E-state index in [1.807, 2.05) is 0 Å². The van der Waals surface area contributed by atoms with Crippen molar-refractivity contribution in [2.24, 2.45) is 0 Å². The van der Waals surface area contributed by atoms with Gasteiger partial charge < -0.3 is 10.5 Å². The van der Waals surface area contributed by atoms with Crippen LogP contribution in [0.15, 0.2) is 17.0 Å². The Morgan fingerprint density at radius 3 is 2.20 bits per heavy atom. The zero-order valence-corrected chi connectivity index (χ0v) is 13.0. The number of esters is 1. The summed E-state index contributed by atoms with van der Waals surface area (Å²) < 4.78 is 30.9. The maximum absolute atomic E-state index is 12.6. The van der Waals surface area contributed by atoms with Gasteiger partial charge >= 0.3 is 5.97 Å². The molecular formula is C13H20N2O4S. The van der Waals surface area contributed by atoms with Crippen LogP contribution in [-0.2, 0) is 19.6 Å². The molecule has 0 fully saturated rings. The van der Waals surface area contributed by atoms with E-state index in [0.29, 0.717) is 16.8 Å². The molecule has 20 heavy (non-hydrogen) atoms. The molecule has 1 aromatic rings. The summed E-state index contributed by atoms with van der Waals surface area (Å²) in [6, 6.07) is 3.21. The summed E-state index contributed by atoms with van der Waals surface area (Å²) in [6.45, 7) is 4.91. The monoisotopic (exact) mass is 300 g/mol. The lowest BCUT2D eigenvalue weighted by atomic mass is 10.1. The minimum absolute atomic E-state index is 0.181. The van der Waals surface area contributed by atoms with Crippen LogP contribution in [0.1, 0.15) is 18.1 Å². The van der Waals surface area contributed by atoms with Gasteiger partial charge in [-0.05, 0) is 37.1 Å². The molecule has 0 spiro atoms. The number of nitrogens with zero attached hydrogens (tertiary/aromatic N) is 1. The summed E-state index contributed by atoms with van der Waals surface area (Å²) in [5, 5.41) is 0. The van der Waals surface area contributed by atoms with Gasteiger partial charge in [0.05, 0.1) is 12.0 Å². The van der Waals surface area contributed by atoms with Gasteiger partial charge in [-0.3, -0.25) is 4.79 Å². The zero-order valence-electron chi connectivity index (χ0n) is 12.1. The number of aryl methyl sites for hydroxylation is 2. The van der Waals surface area contributed by atoms with Crippen molar-refractivity contribution in [1.82, 2.24) is 4.31 Å². The van der Waals surface area contributed by atoms with Crippen LogP contribution in [0.3, 0.4) is 0 Å². The van der Waals surface area contributed by atoms with Gasteiger partial charge in [0.2, 0.25) is 10.0 Å². The van der Waals surface area contributed by atoms with Gasteiger partial charge in [-0.15, -0.1) is 0 Å². The smallest absolute Gasteiger partial charge is 0.321 e. The first-order chi connectivity index (χ1) is 9.23. The van der Waals surface area contributed by atoms with E-state index in [1.54, 1.807) is 32.9 Å². The molecule has 0 aliphatic heterocycles. The second kappa shape index (κ2) is 6.23. The first-order valence-corrected chi connectivity index (χ1v) is 7.61. The number of anilines is 1. The van der Waals surface area contributed by atoms with Crippen molar-refractivity contribution in [2.45, 2.75) is 25.7 Å². The van der Waals surface area contributed by atoms with Crippen LogP contribution in [0.4, 0.5) is 5.69 Å². The molecule has 0 saturated heterocycles. The highest BCUT2D eigenvalue weighted by Gasteiger charge is 2.28. The Morgan fingerprint density at radius 2 is 1.80 bits per heavy atom. The van der Waals surface area contributed by atoms with E-state index in [2.05, 4.69) is 4.74 Å². The molecule has 112 valence electrons. The molecule has 0 aliphatic carbocycles. The number of methoxy groups -OCH3 is 1. The third-order valence-electron chi connectivity index (χ3n) is 2.97. The second-order valence-electron chi connectivity index (χ2n) is 4.49. The number of sulfonamides is 1.